The van der Waals surface area contributed by atoms with Crippen molar-refractivity contribution in [3.63, 3.8) is 0 Å². The fraction of sp³-hybridized carbons (Fsp3) is 0.333. The van der Waals surface area contributed by atoms with Gasteiger partial charge in [0.25, 0.3) is 11.8 Å². The lowest BCUT2D eigenvalue weighted by Crippen LogP contribution is -2.48. The standard InChI is InChI=1S/C24H25Cl2N3O4/c1-3-20(22(31)27-2)29(14-17-18(25)10-6-11-19(17)26)21(30)12-7-13-28-23(32)15-8-4-5-9-16(15)24(28)33/h4-6,8-11,20H,3,7,12-14H2,1-2H3,(H,27,31)/t20-/m0/s1. The molecule has 0 unspecified atom stereocenters. The van der Waals surface area contributed by atoms with Crippen LogP contribution in [0, 0.1) is 0 Å². The summed E-state index contributed by atoms with van der Waals surface area (Å²) in [5.41, 5.74) is 1.29. The number of carbonyl (C=O) groups is 4. The molecule has 1 aliphatic rings. The van der Waals surface area contributed by atoms with Gasteiger partial charge in [-0.05, 0) is 37.1 Å². The van der Waals surface area contributed by atoms with E-state index >= 15 is 0 Å². The lowest BCUT2D eigenvalue weighted by Gasteiger charge is -2.31. The van der Waals surface area contributed by atoms with E-state index in [0.717, 1.165) is 4.90 Å². The topological polar surface area (TPSA) is 86.8 Å². The van der Waals surface area contributed by atoms with Crippen LogP contribution in [0.4, 0.5) is 0 Å². The Labute approximate surface area is 202 Å². The number of benzene rings is 2. The number of imide groups is 1. The van der Waals surface area contributed by atoms with Crippen LogP contribution in [0.5, 0.6) is 0 Å². The molecule has 2 aromatic rings. The van der Waals surface area contributed by atoms with Crippen molar-refractivity contribution in [3.05, 3.63) is 69.2 Å². The molecule has 0 fully saturated rings. The Morgan fingerprint density at radius 3 is 2.09 bits per heavy atom. The first-order chi connectivity index (χ1) is 15.8. The summed E-state index contributed by atoms with van der Waals surface area (Å²) in [5.74, 6) is -1.31. The fourth-order valence-electron chi connectivity index (χ4n) is 3.91. The number of rotatable bonds is 9. The number of halogens is 2. The zero-order valence-corrected chi connectivity index (χ0v) is 19.9. The first-order valence-electron chi connectivity index (χ1n) is 10.7. The van der Waals surface area contributed by atoms with Gasteiger partial charge >= 0.3 is 0 Å². The van der Waals surface area contributed by atoms with Gasteiger partial charge in [-0.25, -0.2) is 0 Å². The molecule has 0 aromatic heterocycles. The second-order valence-corrected chi connectivity index (χ2v) is 8.49. The molecule has 174 valence electrons. The lowest BCUT2D eigenvalue weighted by molar-refractivity contribution is -0.141. The van der Waals surface area contributed by atoms with Gasteiger partial charge in [-0.2, -0.15) is 0 Å². The Balaban J connectivity index is 1.73. The number of fused-ring (bicyclic) bond motifs is 1. The molecule has 1 heterocycles. The predicted molar refractivity (Wildman–Crippen MR) is 126 cm³/mol. The van der Waals surface area contributed by atoms with Gasteiger partial charge in [0, 0.05) is 42.2 Å². The number of likely N-dealkylation sites (N-methyl/N-ethyl adjacent to an activating group) is 1. The van der Waals surface area contributed by atoms with Gasteiger partial charge in [0.05, 0.1) is 11.1 Å². The molecule has 9 heteroatoms. The second kappa shape index (κ2) is 10.8. The molecule has 0 radical (unpaired) electrons. The summed E-state index contributed by atoms with van der Waals surface area (Å²) >= 11 is 12.6. The molecule has 0 saturated heterocycles. The summed E-state index contributed by atoms with van der Waals surface area (Å²) in [4.78, 5) is 53.4. The lowest BCUT2D eigenvalue weighted by atomic mass is 10.1. The molecule has 0 saturated carbocycles. The molecular formula is C24H25Cl2N3O4. The minimum absolute atomic E-state index is 0.0446. The van der Waals surface area contributed by atoms with E-state index in [1.165, 1.54) is 11.9 Å². The Bertz CT molecular complexity index is 1030. The molecule has 0 bridgehead atoms. The highest BCUT2D eigenvalue weighted by molar-refractivity contribution is 6.36. The number of nitrogens with zero attached hydrogens (tertiary/aromatic N) is 2. The number of hydrogen-bond acceptors (Lipinski definition) is 4. The van der Waals surface area contributed by atoms with Crippen LogP contribution in [0.1, 0.15) is 52.5 Å². The van der Waals surface area contributed by atoms with Gasteiger partial charge in [0.15, 0.2) is 0 Å². The van der Waals surface area contributed by atoms with Crippen LogP contribution in [0.15, 0.2) is 42.5 Å². The summed E-state index contributed by atoms with van der Waals surface area (Å²) in [6.45, 7) is 1.99. The quantitative estimate of drug-likeness (QED) is 0.540. The normalized spacial score (nSPS) is 13.6. The Morgan fingerprint density at radius 1 is 1.00 bits per heavy atom. The summed E-state index contributed by atoms with van der Waals surface area (Å²) in [7, 11) is 1.51. The fourth-order valence-corrected chi connectivity index (χ4v) is 4.43. The number of hydrogen-bond donors (Lipinski definition) is 1. The van der Waals surface area contributed by atoms with Crippen molar-refractivity contribution in [2.75, 3.05) is 13.6 Å². The summed E-state index contributed by atoms with van der Waals surface area (Å²) in [6.07, 6.45) is 0.704. The Hall–Kier alpha value is -2.90. The average Bonchev–Trinajstić information content (AvgIpc) is 3.05. The van der Waals surface area contributed by atoms with Crippen molar-refractivity contribution in [3.8, 4) is 0 Å². The van der Waals surface area contributed by atoms with E-state index in [0.29, 0.717) is 33.2 Å². The molecule has 4 amide bonds. The number of amides is 4. The van der Waals surface area contributed by atoms with E-state index in [1.807, 2.05) is 6.92 Å². The highest BCUT2D eigenvalue weighted by Gasteiger charge is 2.35. The molecule has 33 heavy (non-hydrogen) atoms. The highest BCUT2D eigenvalue weighted by Crippen LogP contribution is 2.28. The third-order valence-corrected chi connectivity index (χ3v) is 6.38. The van der Waals surface area contributed by atoms with Crippen molar-refractivity contribution in [2.45, 2.75) is 38.8 Å². The van der Waals surface area contributed by atoms with E-state index in [2.05, 4.69) is 5.32 Å². The van der Waals surface area contributed by atoms with Crippen molar-refractivity contribution in [1.82, 2.24) is 15.1 Å². The van der Waals surface area contributed by atoms with Gasteiger partial charge in [-0.1, -0.05) is 48.3 Å². The van der Waals surface area contributed by atoms with Crippen molar-refractivity contribution >= 4 is 46.8 Å². The minimum atomic E-state index is -0.714. The molecule has 7 nitrogen and oxygen atoms in total. The number of carbonyl (C=O) groups excluding carboxylic acids is 4. The SMILES string of the molecule is CC[C@@H](C(=O)NC)N(Cc1c(Cl)cccc1Cl)C(=O)CCCN1C(=O)c2ccccc2C1=O. The van der Waals surface area contributed by atoms with E-state index in [9.17, 15) is 19.2 Å². The van der Waals surface area contributed by atoms with Gasteiger partial charge in [0.1, 0.15) is 6.04 Å². The highest BCUT2D eigenvalue weighted by atomic mass is 35.5. The Kier molecular flexibility index (Phi) is 8.10. The average molecular weight is 490 g/mol. The first-order valence-corrected chi connectivity index (χ1v) is 11.4. The summed E-state index contributed by atoms with van der Waals surface area (Å²) in [5, 5.41) is 3.39. The second-order valence-electron chi connectivity index (χ2n) is 7.67. The molecule has 3 rings (SSSR count). The molecule has 0 spiro atoms. The largest absolute Gasteiger partial charge is 0.357 e. The molecule has 2 aromatic carbocycles. The maximum Gasteiger partial charge on any atom is 0.261 e. The third-order valence-electron chi connectivity index (χ3n) is 5.67. The summed E-state index contributed by atoms with van der Waals surface area (Å²) in [6, 6.07) is 11.0. The van der Waals surface area contributed by atoms with E-state index < -0.39 is 6.04 Å². The molecule has 1 N–H and O–H groups in total. The maximum atomic E-state index is 13.2. The molecule has 0 aliphatic carbocycles. The van der Waals surface area contributed by atoms with Crippen LogP contribution < -0.4 is 5.32 Å². The predicted octanol–water partition coefficient (Wildman–Crippen LogP) is 3.92. The van der Waals surface area contributed by atoms with E-state index in [1.54, 1.807) is 42.5 Å². The van der Waals surface area contributed by atoms with Crippen molar-refractivity contribution in [2.24, 2.45) is 0 Å². The third kappa shape index (κ3) is 5.20. The van der Waals surface area contributed by atoms with Crippen LogP contribution in [-0.4, -0.2) is 53.1 Å². The van der Waals surface area contributed by atoms with Crippen LogP contribution >= 0.6 is 23.2 Å². The zero-order valence-electron chi connectivity index (χ0n) is 18.4. The van der Waals surface area contributed by atoms with Gasteiger partial charge < -0.3 is 10.2 Å². The van der Waals surface area contributed by atoms with Crippen molar-refractivity contribution < 1.29 is 19.2 Å². The van der Waals surface area contributed by atoms with Crippen LogP contribution in [0.3, 0.4) is 0 Å². The first kappa shape index (κ1) is 24.7. The molecule has 1 atom stereocenters. The summed E-state index contributed by atoms with van der Waals surface area (Å²) < 4.78 is 0. The molecule has 1 aliphatic heterocycles. The van der Waals surface area contributed by atoms with E-state index in [-0.39, 0.29) is 49.6 Å². The van der Waals surface area contributed by atoms with Crippen LogP contribution in [-0.2, 0) is 16.1 Å². The Morgan fingerprint density at radius 2 is 1.58 bits per heavy atom. The van der Waals surface area contributed by atoms with Crippen LogP contribution in [0.2, 0.25) is 10.0 Å². The van der Waals surface area contributed by atoms with Crippen molar-refractivity contribution in [1.29, 1.82) is 0 Å². The maximum absolute atomic E-state index is 13.2. The monoisotopic (exact) mass is 489 g/mol. The van der Waals surface area contributed by atoms with Crippen LogP contribution in [0.25, 0.3) is 0 Å². The smallest absolute Gasteiger partial charge is 0.261 e. The van der Waals surface area contributed by atoms with E-state index in [4.69, 9.17) is 23.2 Å². The van der Waals surface area contributed by atoms with Gasteiger partial charge in [-0.3, -0.25) is 24.1 Å². The van der Waals surface area contributed by atoms with Gasteiger partial charge in [-0.15, -0.1) is 0 Å². The number of nitrogens with one attached hydrogen (secondary N) is 1. The van der Waals surface area contributed by atoms with Gasteiger partial charge in [0.2, 0.25) is 11.8 Å². The minimum Gasteiger partial charge on any atom is -0.357 e. The molecular weight excluding hydrogens is 465 g/mol. The zero-order chi connectivity index (χ0) is 24.1.